The van der Waals surface area contributed by atoms with Crippen molar-refractivity contribution >= 4 is 23.4 Å². The van der Waals surface area contributed by atoms with E-state index in [1.54, 1.807) is 19.2 Å². The number of nitriles is 1. The fraction of sp³-hybridized carbons (Fsp3) is 0.200. The molecule has 0 radical (unpaired) electrons. The van der Waals surface area contributed by atoms with Crippen molar-refractivity contribution in [3.8, 4) is 11.8 Å². The Labute approximate surface area is 187 Å². The molecule has 5 nitrogen and oxygen atoms in total. The Morgan fingerprint density at radius 2 is 1.90 bits per heavy atom. The first kappa shape index (κ1) is 22.3. The standard InChI is InChI=1S/C25H25N3O2S/c1-16(2)15-31-25-19(14-26)23(18-10-6-5-7-11-18)22(17(3)27-25)24(29)28-20-12-8-9-13-21(20)30-4/h5-13,23,27H,1,15H2,2-4H3,(H,28,29)/t23-/m1/s1. The van der Waals surface area contributed by atoms with E-state index in [0.717, 1.165) is 16.2 Å². The third-order valence-electron chi connectivity index (χ3n) is 4.84. The van der Waals surface area contributed by atoms with Crippen molar-refractivity contribution in [2.75, 3.05) is 18.2 Å². The largest absolute Gasteiger partial charge is 0.495 e. The summed E-state index contributed by atoms with van der Waals surface area (Å²) < 4.78 is 5.37. The molecule has 6 heteroatoms. The maximum Gasteiger partial charge on any atom is 0.254 e. The molecule has 0 unspecified atom stereocenters. The smallest absolute Gasteiger partial charge is 0.254 e. The van der Waals surface area contributed by atoms with E-state index in [-0.39, 0.29) is 5.91 Å². The summed E-state index contributed by atoms with van der Waals surface area (Å²) in [6.45, 7) is 7.76. The normalized spacial score (nSPS) is 15.7. The molecule has 1 heterocycles. The van der Waals surface area contributed by atoms with Gasteiger partial charge in [0.25, 0.3) is 5.91 Å². The molecule has 1 aliphatic heterocycles. The van der Waals surface area contributed by atoms with Crippen molar-refractivity contribution in [3.63, 3.8) is 0 Å². The summed E-state index contributed by atoms with van der Waals surface area (Å²) in [5.74, 6) is 0.503. The first-order chi connectivity index (χ1) is 15.0. The van der Waals surface area contributed by atoms with Crippen molar-refractivity contribution in [2.24, 2.45) is 0 Å². The monoisotopic (exact) mass is 431 g/mol. The van der Waals surface area contributed by atoms with Gasteiger partial charge >= 0.3 is 0 Å². The highest BCUT2D eigenvalue weighted by Gasteiger charge is 2.34. The van der Waals surface area contributed by atoms with Crippen LogP contribution in [0.3, 0.4) is 0 Å². The van der Waals surface area contributed by atoms with E-state index in [1.807, 2.05) is 56.3 Å². The highest BCUT2D eigenvalue weighted by Crippen LogP contribution is 2.41. The maximum absolute atomic E-state index is 13.4. The summed E-state index contributed by atoms with van der Waals surface area (Å²) in [5, 5.41) is 17.1. The minimum absolute atomic E-state index is 0.278. The Kier molecular flexibility index (Phi) is 7.22. The lowest BCUT2D eigenvalue weighted by Crippen LogP contribution is -2.30. The predicted octanol–water partition coefficient (Wildman–Crippen LogP) is 5.34. The molecule has 0 fully saturated rings. The van der Waals surface area contributed by atoms with Crippen molar-refractivity contribution in [1.29, 1.82) is 5.26 Å². The first-order valence-corrected chi connectivity index (χ1v) is 10.8. The molecule has 1 atom stereocenters. The quantitative estimate of drug-likeness (QED) is 0.579. The molecule has 0 bridgehead atoms. The second-order valence-electron chi connectivity index (χ2n) is 7.26. The van der Waals surface area contributed by atoms with Gasteiger partial charge in [-0.05, 0) is 31.5 Å². The van der Waals surface area contributed by atoms with E-state index in [4.69, 9.17) is 4.74 Å². The molecule has 3 rings (SSSR count). The molecular weight excluding hydrogens is 406 g/mol. The summed E-state index contributed by atoms with van der Waals surface area (Å²) in [6.07, 6.45) is 0. The summed E-state index contributed by atoms with van der Waals surface area (Å²) in [5.41, 5.74) is 4.21. The van der Waals surface area contributed by atoms with Gasteiger partial charge < -0.3 is 15.4 Å². The van der Waals surface area contributed by atoms with Gasteiger partial charge in [-0.1, -0.05) is 54.6 Å². The van der Waals surface area contributed by atoms with E-state index < -0.39 is 5.92 Å². The lowest BCUT2D eigenvalue weighted by atomic mass is 9.82. The van der Waals surface area contributed by atoms with E-state index in [1.165, 1.54) is 11.8 Å². The highest BCUT2D eigenvalue weighted by atomic mass is 32.2. The fourth-order valence-corrected chi connectivity index (χ4v) is 4.37. The number of para-hydroxylation sites is 2. The summed E-state index contributed by atoms with van der Waals surface area (Å²) >= 11 is 1.52. The maximum atomic E-state index is 13.4. The van der Waals surface area contributed by atoms with Crippen LogP contribution in [0.4, 0.5) is 5.69 Å². The number of thioether (sulfide) groups is 1. The van der Waals surface area contributed by atoms with Gasteiger partial charge in [-0.2, -0.15) is 5.26 Å². The van der Waals surface area contributed by atoms with Crippen LogP contribution < -0.4 is 15.4 Å². The number of anilines is 1. The minimum Gasteiger partial charge on any atom is -0.495 e. The Hall–Kier alpha value is -3.43. The highest BCUT2D eigenvalue weighted by molar-refractivity contribution is 8.03. The Bertz CT molecular complexity index is 1100. The lowest BCUT2D eigenvalue weighted by molar-refractivity contribution is -0.113. The zero-order chi connectivity index (χ0) is 22.4. The average Bonchev–Trinajstić information content (AvgIpc) is 2.77. The van der Waals surface area contributed by atoms with Gasteiger partial charge in [0.15, 0.2) is 0 Å². The number of nitrogens with one attached hydrogen (secondary N) is 2. The molecule has 0 aliphatic carbocycles. The molecule has 31 heavy (non-hydrogen) atoms. The number of ether oxygens (including phenoxy) is 1. The number of hydrogen-bond acceptors (Lipinski definition) is 5. The number of dihydropyridines is 1. The number of amides is 1. The summed E-state index contributed by atoms with van der Waals surface area (Å²) in [6, 6.07) is 19.2. The number of rotatable bonds is 7. The topological polar surface area (TPSA) is 74.2 Å². The van der Waals surface area contributed by atoms with E-state index in [9.17, 15) is 10.1 Å². The SMILES string of the molecule is C=C(C)CSC1=C(C#N)[C@@H](c2ccccc2)C(C(=O)Nc2ccccc2OC)=C(C)N1. The summed E-state index contributed by atoms with van der Waals surface area (Å²) in [7, 11) is 1.56. The fourth-order valence-electron chi connectivity index (χ4n) is 3.44. The predicted molar refractivity (Wildman–Crippen MR) is 127 cm³/mol. The van der Waals surface area contributed by atoms with Crippen LogP contribution in [0.5, 0.6) is 5.75 Å². The molecule has 2 aromatic rings. The molecular formula is C25H25N3O2S. The van der Waals surface area contributed by atoms with Crippen LogP contribution in [0.1, 0.15) is 25.3 Å². The lowest BCUT2D eigenvalue weighted by Gasteiger charge is -2.30. The molecule has 1 amide bonds. The number of nitrogens with zero attached hydrogens (tertiary/aromatic N) is 1. The van der Waals surface area contributed by atoms with Gasteiger partial charge in [-0.25, -0.2) is 0 Å². The second-order valence-corrected chi connectivity index (χ2v) is 8.25. The van der Waals surface area contributed by atoms with Crippen LogP contribution in [0.15, 0.2) is 88.6 Å². The molecule has 2 aromatic carbocycles. The van der Waals surface area contributed by atoms with Crippen molar-refractivity contribution in [3.05, 3.63) is 94.2 Å². The number of hydrogen-bond donors (Lipinski definition) is 2. The zero-order valence-corrected chi connectivity index (χ0v) is 18.7. The van der Waals surface area contributed by atoms with Gasteiger partial charge in [0.1, 0.15) is 5.75 Å². The molecule has 0 spiro atoms. The first-order valence-electron chi connectivity index (χ1n) is 9.84. The zero-order valence-electron chi connectivity index (χ0n) is 17.9. The molecule has 158 valence electrons. The van der Waals surface area contributed by atoms with E-state index in [2.05, 4.69) is 23.3 Å². The van der Waals surface area contributed by atoms with Crippen molar-refractivity contribution in [1.82, 2.24) is 5.32 Å². The Morgan fingerprint density at radius 3 is 2.55 bits per heavy atom. The third kappa shape index (κ3) is 5.01. The van der Waals surface area contributed by atoms with E-state index >= 15 is 0 Å². The van der Waals surface area contributed by atoms with Crippen LogP contribution in [0.25, 0.3) is 0 Å². The number of carbonyl (C=O) groups is 1. The molecule has 0 saturated carbocycles. The third-order valence-corrected chi connectivity index (χ3v) is 6.09. The average molecular weight is 432 g/mol. The number of carbonyl (C=O) groups excluding carboxylic acids is 1. The number of allylic oxidation sites excluding steroid dienone is 2. The van der Waals surface area contributed by atoms with Gasteiger partial charge in [0, 0.05) is 17.0 Å². The van der Waals surface area contributed by atoms with E-state index in [0.29, 0.717) is 34.0 Å². The molecule has 0 aromatic heterocycles. The van der Waals surface area contributed by atoms with Gasteiger partial charge in [-0.3, -0.25) is 4.79 Å². The Morgan fingerprint density at radius 1 is 1.23 bits per heavy atom. The number of benzene rings is 2. The van der Waals surface area contributed by atoms with Crippen molar-refractivity contribution < 1.29 is 9.53 Å². The summed E-state index contributed by atoms with van der Waals surface area (Å²) in [4.78, 5) is 13.4. The molecule has 2 N–H and O–H groups in total. The van der Waals surface area contributed by atoms with Crippen LogP contribution in [0, 0.1) is 11.3 Å². The van der Waals surface area contributed by atoms with Gasteiger partial charge in [-0.15, -0.1) is 11.8 Å². The van der Waals surface area contributed by atoms with Crippen LogP contribution in [0.2, 0.25) is 0 Å². The van der Waals surface area contributed by atoms with Crippen LogP contribution in [-0.4, -0.2) is 18.8 Å². The molecule has 0 saturated heterocycles. The Balaban J connectivity index is 2.05. The second kappa shape index (κ2) is 10.1. The van der Waals surface area contributed by atoms with Crippen LogP contribution >= 0.6 is 11.8 Å². The van der Waals surface area contributed by atoms with Crippen LogP contribution in [-0.2, 0) is 4.79 Å². The van der Waals surface area contributed by atoms with Gasteiger partial charge in [0.05, 0.1) is 35.4 Å². The van der Waals surface area contributed by atoms with Crippen molar-refractivity contribution in [2.45, 2.75) is 19.8 Å². The number of methoxy groups -OCH3 is 1. The molecule has 1 aliphatic rings. The minimum atomic E-state index is -0.477. The van der Waals surface area contributed by atoms with Gasteiger partial charge in [0.2, 0.25) is 0 Å².